The van der Waals surface area contributed by atoms with E-state index in [0.717, 1.165) is 30.4 Å². The third-order valence-electron chi connectivity index (χ3n) is 4.58. The number of carbonyl (C=O) groups excluding carboxylic acids is 2. The van der Waals surface area contributed by atoms with E-state index in [4.69, 9.17) is 0 Å². The molecular formula is C17H18O2. The predicted octanol–water partition coefficient (Wildman–Crippen LogP) is 3.66. The number of hydrogen-bond acceptors (Lipinski definition) is 2. The van der Waals surface area contributed by atoms with Gasteiger partial charge in [0.15, 0.2) is 5.78 Å². The fourth-order valence-corrected chi connectivity index (χ4v) is 3.37. The molecule has 0 bridgehead atoms. The Morgan fingerprint density at radius 3 is 2.74 bits per heavy atom. The summed E-state index contributed by atoms with van der Waals surface area (Å²) in [5.41, 5.74) is 1.07. The van der Waals surface area contributed by atoms with Crippen LogP contribution >= 0.6 is 0 Å². The average Bonchev–Trinajstić information content (AvgIpc) is 2.44. The van der Waals surface area contributed by atoms with Crippen LogP contribution in [-0.4, -0.2) is 11.6 Å². The molecule has 0 unspecified atom stereocenters. The lowest BCUT2D eigenvalue weighted by Gasteiger charge is -2.37. The topological polar surface area (TPSA) is 34.1 Å². The summed E-state index contributed by atoms with van der Waals surface area (Å²) in [7, 11) is 0. The van der Waals surface area contributed by atoms with Gasteiger partial charge in [0, 0.05) is 17.9 Å². The fourth-order valence-electron chi connectivity index (χ4n) is 3.37. The monoisotopic (exact) mass is 254 g/mol. The van der Waals surface area contributed by atoms with Crippen molar-refractivity contribution in [2.45, 2.75) is 32.6 Å². The standard InChI is InChI=1S/C17H18O2/c1-17(14-8-4-5-9-15(14)18)11-10-12-6-2-3-7-13(12)16(17)19/h2-3,6-7,10-11,14H,4-5,8-9H2,1H3/t14-,17-/m0/s1. The highest BCUT2D eigenvalue weighted by Crippen LogP contribution is 2.43. The zero-order valence-corrected chi connectivity index (χ0v) is 11.2. The summed E-state index contributed by atoms with van der Waals surface area (Å²) in [5, 5.41) is 0. The van der Waals surface area contributed by atoms with Gasteiger partial charge in [0.2, 0.25) is 0 Å². The van der Waals surface area contributed by atoms with Crippen molar-refractivity contribution in [1.29, 1.82) is 0 Å². The van der Waals surface area contributed by atoms with Gasteiger partial charge in [-0.1, -0.05) is 42.8 Å². The summed E-state index contributed by atoms with van der Waals surface area (Å²) in [5.74, 6) is 0.218. The minimum Gasteiger partial charge on any atom is -0.299 e. The van der Waals surface area contributed by atoms with Crippen LogP contribution in [0.5, 0.6) is 0 Å². The highest BCUT2D eigenvalue weighted by molar-refractivity contribution is 6.09. The first-order valence-corrected chi connectivity index (χ1v) is 6.99. The number of allylic oxidation sites excluding steroid dienone is 1. The van der Waals surface area contributed by atoms with Crippen molar-refractivity contribution in [1.82, 2.24) is 0 Å². The van der Waals surface area contributed by atoms with Gasteiger partial charge in [-0.3, -0.25) is 9.59 Å². The van der Waals surface area contributed by atoms with Crippen LogP contribution in [-0.2, 0) is 4.79 Å². The molecule has 2 atom stereocenters. The number of carbonyl (C=O) groups is 2. The zero-order valence-electron chi connectivity index (χ0n) is 11.2. The van der Waals surface area contributed by atoms with Crippen molar-refractivity contribution in [3.05, 3.63) is 41.5 Å². The summed E-state index contributed by atoms with van der Waals surface area (Å²) in [6.07, 6.45) is 7.44. The minimum absolute atomic E-state index is 0.103. The molecule has 1 aromatic carbocycles. The van der Waals surface area contributed by atoms with Crippen molar-refractivity contribution in [3.8, 4) is 0 Å². The van der Waals surface area contributed by atoms with Gasteiger partial charge in [0.25, 0.3) is 0 Å². The van der Waals surface area contributed by atoms with Crippen molar-refractivity contribution in [2.24, 2.45) is 11.3 Å². The van der Waals surface area contributed by atoms with E-state index >= 15 is 0 Å². The van der Waals surface area contributed by atoms with Crippen LogP contribution in [0, 0.1) is 11.3 Å². The van der Waals surface area contributed by atoms with E-state index in [2.05, 4.69) is 0 Å². The Bertz CT molecular complexity index is 570. The van der Waals surface area contributed by atoms with Crippen LogP contribution in [0.15, 0.2) is 30.3 Å². The largest absolute Gasteiger partial charge is 0.299 e. The maximum atomic E-state index is 12.8. The third-order valence-corrected chi connectivity index (χ3v) is 4.58. The molecule has 0 aromatic heterocycles. The Morgan fingerprint density at radius 1 is 1.16 bits per heavy atom. The number of rotatable bonds is 1. The van der Waals surface area contributed by atoms with E-state index in [1.54, 1.807) is 0 Å². The number of fused-ring (bicyclic) bond motifs is 1. The van der Waals surface area contributed by atoms with Crippen LogP contribution in [0.3, 0.4) is 0 Å². The number of benzene rings is 1. The van der Waals surface area contributed by atoms with Crippen molar-refractivity contribution in [2.75, 3.05) is 0 Å². The molecule has 98 valence electrons. The summed E-state index contributed by atoms with van der Waals surface area (Å²) >= 11 is 0. The molecule has 0 aliphatic heterocycles. The summed E-state index contributed by atoms with van der Waals surface area (Å²) < 4.78 is 0. The maximum Gasteiger partial charge on any atom is 0.173 e. The molecule has 2 aliphatic rings. The van der Waals surface area contributed by atoms with Gasteiger partial charge in [-0.05, 0) is 25.3 Å². The van der Waals surface area contributed by atoms with Crippen molar-refractivity contribution >= 4 is 17.6 Å². The van der Waals surface area contributed by atoms with Gasteiger partial charge in [0.1, 0.15) is 5.78 Å². The first kappa shape index (κ1) is 12.3. The smallest absolute Gasteiger partial charge is 0.173 e. The lowest BCUT2D eigenvalue weighted by Crippen LogP contribution is -2.41. The molecule has 0 amide bonds. The summed E-state index contributed by atoms with van der Waals surface area (Å²) in [6, 6.07) is 7.64. The maximum absolute atomic E-state index is 12.8. The summed E-state index contributed by atoms with van der Waals surface area (Å²) in [6.45, 7) is 1.93. The molecular weight excluding hydrogens is 236 g/mol. The molecule has 3 rings (SSSR count). The van der Waals surface area contributed by atoms with Crippen molar-refractivity contribution in [3.63, 3.8) is 0 Å². The lowest BCUT2D eigenvalue weighted by molar-refractivity contribution is -0.127. The molecule has 19 heavy (non-hydrogen) atoms. The molecule has 1 saturated carbocycles. The van der Waals surface area contributed by atoms with E-state index in [1.807, 2.05) is 43.3 Å². The van der Waals surface area contributed by atoms with E-state index in [9.17, 15) is 9.59 Å². The number of Topliss-reactive ketones (excluding diaryl/α,β-unsaturated/α-hetero) is 2. The molecule has 1 aromatic rings. The Morgan fingerprint density at radius 2 is 1.95 bits per heavy atom. The van der Waals surface area contributed by atoms with Gasteiger partial charge in [-0.2, -0.15) is 0 Å². The minimum atomic E-state index is -0.647. The van der Waals surface area contributed by atoms with Crippen LogP contribution in [0.1, 0.15) is 48.5 Å². The van der Waals surface area contributed by atoms with Gasteiger partial charge in [-0.25, -0.2) is 0 Å². The Hall–Kier alpha value is -1.70. The Kier molecular flexibility index (Phi) is 2.89. The Balaban J connectivity index is 2.02. The number of ketones is 2. The van der Waals surface area contributed by atoms with Crippen LogP contribution in [0.4, 0.5) is 0 Å². The number of hydrogen-bond donors (Lipinski definition) is 0. The quantitative estimate of drug-likeness (QED) is 0.766. The molecule has 0 N–H and O–H groups in total. The van der Waals surface area contributed by atoms with Gasteiger partial charge >= 0.3 is 0 Å². The second-order valence-corrected chi connectivity index (χ2v) is 5.80. The normalized spacial score (nSPS) is 30.3. The Labute approximate surface area is 113 Å². The molecule has 1 fully saturated rings. The first-order chi connectivity index (χ1) is 9.13. The second-order valence-electron chi connectivity index (χ2n) is 5.80. The molecule has 0 radical (unpaired) electrons. The molecule has 2 nitrogen and oxygen atoms in total. The molecule has 2 heteroatoms. The van der Waals surface area contributed by atoms with Crippen molar-refractivity contribution < 1.29 is 9.59 Å². The van der Waals surface area contributed by atoms with E-state index < -0.39 is 5.41 Å². The molecule has 2 aliphatic carbocycles. The van der Waals surface area contributed by atoms with Gasteiger partial charge < -0.3 is 0 Å². The third kappa shape index (κ3) is 1.86. The van der Waals surface area contributed by atoms with Crippen LogP contribution in [0.2, 0.25) is 0 Å². The zero-order chi connectivity index (χ0) is 13.5. The highest BCUT2D eigenvalue weighted by atomic mass is 16.1. The van der Waals surface area contributed by atoms with Crippen LogP contribution < -0.4 is 0 Å². The van der Waals surface area contributed by atoms with E-state index in [-0.39, 0.29) is 17.5 Å². The highest BCUT2D eigenvalue weighted by Gasteiger charge is 2.45. The van der Waals surface area contributed by atoms with E-state index in [1.165, 1.54) is 0 Å². The fraction of sp³-hybridized carbons (Fsp3) is 0.412. The SMILES string of the molecule is C[C@@]1([C@H]2CCCCC2=O)C=Cc2ccccc2C1=O. The molecule has 0 spiro atoms. The molecule has 0 saturated heterocycles. The lowest BCUT2D eigenvalue weighted by atomic mass is 9.63. The first-order valence-electron chi connectivity index (χ1n) is 6.99. The van der Waals surface area contributed by atoms with Gasteiger partial charge in [0.05, 0.1) is 5.41 Å². The second kappa shape index (κ2) is 4.44. The van der Waals surface area contributed by atoms with Gasteiger partial charge in [-0.15, -0.1) is 0 Å². The summed E-state index contributed by atoms with van der Waals surface area (Å²) in [4.78, 5) is 25.0. The van der Waals surface area contributed by atoms with E-state index in [0.29, 0.717) is 6.42 Å². The molecule has 0 heterocycles. The predicted molar refractivity (Wildman–Crippen MR) is 74.9 cm³/mol. The van der Waals surface area contributed by atoms with Crippen LogP contribution in [0.25, 0.3) is 6.08 Å². The average molecular weight is 254 g/mol.